The lowest BCUT2D eigenvalue weighted by atomic mass is 10.2. The highest BCUT2D eigenvalue weighted by atomic mass is 35.5. The van der Waals surface area contributed by atoms with Gasteiger partial charge in [-0.05, 0) is 12.1 Å². The molecule has 4 rings (SSSR count). The number of methoxy groups -OCH3 is 2. The average molecular weight is 477 g/mol. The van der Waals surface area contributed by atoms with E-state index < -0.39 is 5.82 Å². The zero-order chi connectivity index (χ0) is 22.8. The maximum Gasteiger partial charge on any atom is 0.231 e. The quantitative estimate of drug-likeness (QED) is 0.403. The van der Waals surface area contributed by atoms with E-state index in [9.17, 15) is 4.39 Å². The number of ether oxygens (including phenoxy) is 2. The molecule has 8 nitrogen and oxygen atoms in total. The Labute approximate surface area is 193 Å². The van der Waals surface area contributed by atoms with Crippen LogP contribution in [0.4, 0.5) is 15.3 Å². The van der Waals surface area contributed by atoms with Crippen LogP contribution in [0.5, 0.6) is 11.6 Å². The van der Waals surface area contributed by atoms with Gasteiger partial charge in [0.05, 0.1) is 36.5 Å². The molecule has 0 bridgehead atoms. The minimum atomic E-state index is -0.496. The smallest absolute Gasteiger partial charge is 0.231 e. The SMILES string of the molecule is COc1ccc(Cl)c(CNc2ncnc3cn(Cc4sc(N(C)C)nc4OC)cc23)c1F. The molecule has 0 aliphatic heterocycles. The lowest BCUT2D eigenvalue weighted by Gasteiger charge is -2.11. The standard InChI is InChI=1S/C21H22ClFN6O2S/c1-28(2)21-27-20(31-4)17(32-21)10-29-8-13-15(9-29)25-11-26-19(13)24-7-12-14(22)5-6-16(30-3)18(12)23/h5-6,8-9,11H,7,10H2,1-4H3,(H,24,25,26). The number of nitrogens with zero attached hydrogens (tertiary/aromatic N) is 5. The Bertz CT molecular complexity index is 1260. The van der Waals surface area contributed by atoms with Gasteiger partial charge in [0.25, 0.3) is 0 Å². The summed E-state index contributed by atoms with van der Waals surface area (Å²) in [7, 11) is 6.91. The van der Waals surface area contributed by atoms with Crippen LogP contribution in [0.2, 0.25) is 5.02 Å². The summed E-state index contributed by atoms with van der Waals surface area (Å²) >= 11 is 7.76. The number of hydrogen-bond acceptors (Lipinski definition) is 8. The molecule has 0 aliphatic rings. The molecule has 0 radical (unpaired) electrons. The average Bonchev–Trinajstić information content (AvgIpc) is 3.38. The molecule has 3 aromatic heterocycles. The first kappa shape index (κ1) is 22.1. The van der Waals surface area contributed by atoms with Gasteiger partial charge in [-0.3, -0.25) is 0 Å². The molecule has 0 spiro atoms. The van der Waals surface area contributed by atoms with E-state index in [4.69, 9.17) is 21.1 Å². The van der Waals surface area contributed by atoms with Crippen molar-refractivity contribution in [3.8, 4) is 11.6 Å². The monoisotopic (exact) mass is 476 g/mol. The molecule has 0 atom stereocenters. The van der Waals surface area contributed by atoms with Crippen LogP contribution in [0.15, 0.2) is 30.9 Å². The summed E-state index contributed by atoms with van der Waals surface area (Å²) in [5.74, 6) is 0.825. The van der Waals surface area contributed by atoms with Crippen molar-refractivity contribution >= 4 is 44.8 Å². The topological polar surface area (TPSA) is 77.3 Å². The fourth-order valence-electron chi connectivity index (χ4n) is 3.24. The molecule has 1 N–H and O–H groups in total. The van der Waals surface area contributed by atoms with Crippen molar-refractivity contribution in [3.05, 3.63) is 52.1 Å². The van der Waals surface area contributed by atoms with E-state index in [1.807, 2.05) is 36.0 Å². The van der Waals surface area contributed by atoms with Crippen LogP contribution in [-0.2, 0) is 13.1 Å². The normalized spacial score (nSPS) is 11.1. The summed E-state index contributed by atoms with van der Waals surface area (Å²) in [6, 6.07) is 3.11. The maximum atomic E-state index is 14.6. The minimum absolute atomic E-state index is 0.140. The summed E-state index contributed by atoms with van der Waals surface area (Å²) in [6.45, 7) is 0.717. The van der Waals surface area contributed by atoms with E-state index in [2.05, 4.69) is 20.3 Å². The number of fused-ring (bicyclic) bond motifs is 1. The highest BCUT2D eigenvalue weighted by Crippen LogP contribution is 2.32. The van der Waals surface area contributed by atoms with E-state index in [0.29, 0.717) is 28.8 Å². The van der Waals surface area contributed by atoms with Gasteiger partial charge >= 0.3 is 0 Å². The van der Waals surface area contributed by atoms with Crippen LogP contribution >= 0.6 is 22.9 Å². The van der Waals surface area contributed by atoms with Gasteiger partial charge in [0.1, 0.15) is 12.1 Å². The summed E-state index contributed by atoms with van der Waals surface area (Å²) in [5, 5.41) is 5.16. The number of rotatable bonds is 8. The Morgan fingerprint density at radius 3 is 2.72 bits per heavy atom. The Balaban J connectivity index is 1.60. The van der Waals surface area contributed by atoms with Crippen LogP contribution in [0.3, 0.4) is 0 Å². The molecule has 11 heteroatoms. The van der Waals surface area contributed by atoms with Gasteiger partial charge < -0.3 is 24.3 Å². The number of aromatic nitrogens is 4. The van der Waals surface area contributed by atoms with E-state index in [1.165, 1.54) is 19.5 Å². The zero-order valence-electron chi connectivity index (χ0n) is 18.0. The van der Waals surface area contributed by atoms with Crippen LogP contribution < -0.4 is 19.7 Å². The lowest BCUT2D eigenvalue weighted by molar-refractivity contribution is 0.384. The fourth-order valence-corrected chi connectivity index (χ4v) is 4.42. The van der Waals surface area contributed by atoms with Gasteiger partial charge in [-0.2, -0.15) is 4.98 Å². The van der Waals surface area contributed by atoms with Gasteiger partial charge in [-0.1, -0.05) is 22.9 Å². The molecule has 168 valence electrons. The second-order valence-electron chi connectivity index (χ2n) is 7.17. The third-order valence-electron chi connectivity index (χ3n) is 4.85. The third-order valence-corrected chi connectivity index (χ3v) is 6.40. The van der Waals surface area contributed by atoms with Gasteiger partial charge in [-0.25, -0.2) is 14.4 Å². The Kier molecular flexibility index (Phi) is 6.33. The van der Waals surface area contributed by atoms with Gasteiger partial charge in [-0.15, -0.1) is 0 Å². The second kappa shape index (κ2) is 9.17. The number of nitrogens with one attached hydrogen (secondary N) is 1. The number of halogens is 2. The number of thiazole rings is 1. The molecular weight excluding hydrogens is 455 g/mol. The molecule has 4 aromatic rings. The predicted octanol–water partition coefficient (Wildman–Crippen LogP) is 4.42. The fraction of sp³-hybridized carbons (Fsp3) is 0.286. The highest BCUT2D eigenvalue weighted by Gasteiger charge is 2.16. The number of anilines is 2. The van der Waals surface area contributed by atoms with E-state index >= 15 is 0 Å². The van der Waals surface area contributed by atoms with Gasteiger partial charge in [0, 0.05) is 43.6 Å². The van der Waals surface area contributed by atoms with E-state index in [1.54, 1.807) is 24.5 Å². The van der Waals surface area contributed by atoms with Crippen molar-refractivity contribution in [1.29, 1.82) is 0 Å². The minimum Gasteiger partial charge on any atom is -0.494 e. The predicted molar refractivity (Wildman–Crippen MR) is 125 cm³/mol. The van der Waals surface area contributed by atoms with Gasteiger partial charge in [0.15, 0.2) is 16.7 Å². The molecule has 0 fully saturated rings. The Hall–Kier alpha value is -3.11. The Morgan fingerprint density at radius 2 is 2.00 bits per heavy atom. The molecule has 0 amide bonds. The number of hydrogen-bond donors (Lipinski definition) is 1. The van der Waals surface area contributed by atoms with Crippen LogP contribution in [0, 0.1) is 5.82 Å². The van der Waals surface area contributed by atoms with Crippen molar-refractivity contribution in [1.82, 2.24) is 19.5 Å². The summed E-state index contributed by atoms with van der Waals surface area (Å²) in [4.78, 5) is 16.1. The summed E-state index contributed by atoms with van der Waals surface area (Å²) in [5.41, 5.74) is 1.07. The molecule has 0 unspecified atom stereocenters. The first-order chi connectivity index (χ1) is 15.4. The highest BCUT2D eigenvalue weighted by molar-refractivity contribution is 7.15. The molecule has 0 saturated heterocycles. The molecule has 0 saturated carbocycles. The van der Waals surface area contributed by atoms with E-state index in [-0.39, 0.29) is 12.3 Å². The van der Waals surface area contributed by atoms with Crippen LogP contribution in [-0.4, -0.2) is 47.8 Å². The maximum absolute atomic E-state index is 14.6. The van der Waals surface area contributed by atoms with Crippen LogP contribution in [0.25, 0.3) is 10.9 Å². The van der Waals surface area contributed by atoms with Crippen molar-refractivity contribution in [2.75, 3.05) is 38.5 Å². The van der Waals surface area contributed by atoms with E-state index in [0.717, 1.165) is 20.9 Å². The number of benzene rings is 1. The molecule has 32 heavy (non-hydrogen) atoms. The Morgan fingerprint density at radius 1 is 1.19 bits per heavy atom. The first-order valence-electron chi connectivity index (χ1n) is 9.67. The molecular formula is C21H22ClFN6O2S. The largest absolute Gasteiger partial charge is 0.494 e. The van der Waals surface area contributed by atoms with Gasteiger partial charge in [0.2, 0.25) is 5.88 Å². The molecule has 1 aromatic carbocycles. The van der Waals surface area contributed by atoms with Crippen molar-refractivity contribution in [2.45, 2.75) is 13.1 Å². The van der Waals surface area contributed by atoms with Crippen molar-refractivity contribution in [3.63, 3.8) is 0 Å². The van der Waals surface area contributed by atoms with Crippen molar-refractivity contribution in [2.24, 2.45) is 0 Å². The molecule has 0 aliphatic carbocycles. The second-order valence-corrected chi connectivity index (χ2v) is 8.64. The molecule has 3 heterocycles. The lowest BCUT2D eigenvalue weighted by Crippen LogP contribution is -2.07. The first-order valence-corrected chi connectivity index (χ1v) is 10.9. The third kappa shape index (κ3) is 4.28. The zero-order valence-corrected chi connectivity index (χ0v) is 19.6. The van der Waals surface area contributed by atoms with Crippen LogP contribution in [0.1, 0.15) is 10.4 Å². The summed E-state index contributed by atoms with van der Waals surface area (Å²) < 4.78 is 27.1. The summed E-state index contributed by atoms with van der Waals surface area (Å²) in [6.07, 6.45) is 5.33. The van der Waals surface area contributed by atoms with Crippen molar-refractivity contribution < 1.29 is 13.9 Å².